The second kappa shape index (κ2) is 9.77. The summed E-state index contributed by atoms with van der Waals surface area (Å²) in [5, 5.41) is 11.5. The van der Waals surface area contributed by atoms with Crippen LogP contribution in [0.5, 0.6) is 5.75 Å². The Morgan fingerprint density at radius 2 is 2.00 bits per heavy atom. The van der Waals surface area contributed by atoms with Crippen LogP contribution in [-0.2, 0) is 16.1 Å². The lowest BCUT2D eigenvalue weighted by atomic mass is 9.95. The first kappa shape index (κ1) is 23.0. The number of amides is 1. The molecule has 0 spiro atoms. The number of aliphatic hydroxyl groups is 1. The molecule has 1 unspecified atom stereocenters. The number of Topliss-reactive ketones (excluding diaryl/α,β-unsaturated/α-hetero) is 1. The van der Waals surface area contributed by atoms with Gasteiger partial charge in [-0.3, -0.25) is 14.6 Å². The van der Waals surface area contributed by atoms with Gasteiger partial charge in [-0.05, 0) is 54.4 Å². The fourth-order valence-electron chi connectivity index (χ4n) is 3.83. The molecular weight excluding hydrogens is 508 g/mol. The molecule has 2 heterocycles. The zero-order valence-corrected chi connectivity index (χ0v) is 20.0. The van der Waals surface area contributed by atoms with Crippen molar-refractivity contribution < 1.29 is 19.4 Å². The van der Waals surface area contributed by atoms with Crippen LogP contribution in [0.4, 0.5) is 0 Å². The highest BCUT2D eigenvalue weighted by atomic mass is 79.9. The zero-order chi connectivity index (χ0) is 23.5. The first-order valence-corrected chi connectivity index (χ1v) is 11.4. The molecule has 1 aliphatic rings. The largest absolute Gasteiger partial charge is 0.507 e. The Labute approximate surface area is 204 Å². The lowest BCUT2D eigenvalue weighted by molar-refractivity contribution is -0.140. The van der Waals surface area contributed by atoms with E-state index in [0.29, 0.717) is 28.5 Å². The molecule has 1 fully saturated rings. The van der Waals surface area contributed by atoms with E-state index in [4.69, 9.17) is 16.3 Å². The SMILES string of the molecule is CCOc1ccc(C(O)=C2C(=O)C(=O)N(Cc3cccnc3)C2c2cccc(Br)c2)cc1Cl. The van der Waals surface area contributed by atoms with Crippen LogP contribution < -0.4 is 4.74 Å². The van der Waals surface area contributed by atoms with Gasteiger partial charge in [0.25, 0.3) is 11.7 Å². The summed E-state index contributed by atoms with van der Waals surface area (Å²) in [5.74, 6) is -1.28. The van der Waals surface area contributed by atoms with Crippen molar-refractivity contribution in [3.05, 3.63) is 98.7 Å². The van der Waals surface area contributed by atoms with Gasteiger partial charge >= 0.3 is 0 Å². The summed E-state index contributed by atoms with van der Waals surface area (Å²) in [6, 6.07) is 14.9. The highest BCUT2D eigenvalue weighted by Crippen LogP contribution is 2.41. The van der Waals surface area contributed by atoms with E-state index in [1.54, 1.807) is 30.6 Å². The molecular formula is C25H20BrClN2O4. The van der Waals surface area contributed by atoms with E-state index in [1.807, 2.05) is 37.3 Å². The molecule has 0 aliphatic carbocycles. The Kier molecular flexibility index (Phi) is 6.81. The Bertz CT molecular complexity index is 1250. The van der Waals surface area contributed by atoms with Crippen LogP contribution in [0, 0.1) is 0 Å². The smallest absolute Gasteiger partial charge is 0.295 e. The van der Waals surface area contributed by atoms with Gasteiger partial charge in [-0.25, -0.2) is 0 Å². The minimum Gasteiger partial charge on any atom is -0.507 e. The number of carbonyl (C=O) groups is 2. The van der Waals surface area contributed by atoms with Crippen LogP contribution in [0.1, 0.15) is 29.7 Å². The maximum absolute atomic E-state index is 13.1. The number of halogens is 2. The maximum Gasteiger partial charge on any atom is 0.295 e. The third kappa shape index (κ3) is 4.65. The monoisotopic (exact) mass is 526 g/mol. The summed E-state index contributed by atoms with van der Waals surface area (Å²) in [4.78, 5) is 31.8. The van der Waals surface area contributed by atoms with Crippen molar-refractivity contribution in [2.45, 2.75) is 19.5 Å². The summed E-state index contributed by atoms with van der Waals surface area (Å²) < 4.78 is 6.24. The molecule has 1 N–H and O–H groups in total. The van der Waals surface area contributed by atoms with Crippen molar-refractivity contribution in [1.82, 2.24) is 9.88 Å². The number of carbonyl (C=O) groups excluding carboxylic acids is 2. The Balaban J connectivity index is 1.85. The lowest BCUT2D eigenvalue weighted by Gasteiger charge is -2.25. The van der Waals surface area contributed by atoms with Crippen LogP contribution >= 0.6 is 27.5 Å². The van der Waals surface area contributed by atoms with Gasteiger partial charge in [0.1, 0.15) is 11.5 Å². The number of hydrogen-bond donors (Lipinski definition) is 1. The van der Waals surface area contributed by atoms with E-state index in [9.17, 15) is 14.7 Å². The van der Waals surface area contributed by atoms with Crippen molar-refractivity contribution >= 4 is 45.0 Å². The van der Waals surface area contributed by atoms with Crippen molar-refractivity contribution in [2.24, 2.45) is 0 Å². The third-order valence-electron chi connectivity index (χ3n) is 5.29. The molecule has 4 rings (SSSR count). The van der Waals surface area contributed by atoms with E-state index in [1.165, 1.54) is 11.0 Å². The van der Waals surface area contributed by atoms with E-state index in [-0.39, 0.29) is 17.9 Å². The fraction of sp³-hybridized carbons (Fsp3) is 0.160. The van der Waals surface area contributed by atoms with Crippen LogP contribution in [-0.4, -0.2) is 33.3 Å². The second-order valence-electron chi connectivity index (χ2n) is 7.42. The van der Waals surface area contributed by atoms with Gasteiger partial charge < -0.3 is 14.7 Å². The Morgan fingerprint density at radius 1 is 1.18 bits per heavy atom. The molecule has 1 aliphatic heterocycles. The number of likely N-dealkylation sites (tertiary alicyclic amines) is 1. The fourth-order valence-corrected chi connectivity index (χ4v) is 4.48. The summed E-state index contributed by atoms with van der Waals surface area (Å²) in [6.45, 7) is 2.44. The van der Waals surface area contributed by atoms with E-state index >= 15 is 0 Å². The van der Waals surface area contributed by atoms with Gasteiger partial charge in [-0.1, -0.05) is 45.7 Å². The lowest BCUT2D eigenvalue weighted by Crippen LogP contribution is -2.29. The third-order valence-corrected chi connectivity index (χ3v) is 6.07. The summed E-state index contributed by atoms with van der Waals surface area (Å²) in [5.41, 5.74) is 1.78. The number of aliphatic hydroxyl groups excluding tert-OH is 1. The average Bonchev–Trinajstić information content (AvgIpc) is 3.05. The minimum absolute atomic E-state index is 0.00205. The number of ether oxygens (including phenoxy) is 1. The highest BCUT2D eigenvalue weighted by Gasteiger charge is 2.46. The second-order valence-corrected chi connectivity index (χ2v) is 8.74. The number of ketones is 1. The van der Waals surface area contributed by atoms with Crippen molar-refractivity contribution in [3.63, 3.8) is 0 Å². The first-order chi connectivity index (χ1) is 15.9. The molecule has 1 saturated heterocycles. The molecule has 1 aromatic heterocycles. The summed E-state index contributed by atoms with van der Waals surface area (Å²) >= 11 is 9.75. The van der Waals surface area contributed by atoms with Gasteiger partial charge in [0, 0.05) is 29.0 Å². The minimum atomic E-state index is -0.784. The van der Waals surface area contributed by atoms with Crippen molar-refractivity contribution in [3.8, 4) is 5.75 Å². The van der Waals surface area contributed by atoms with Crippen LogP contribution in [0.3, 0.4) is 0 Å². The van der Waals surface area contributed by atoms with Crippen LogP contribution in [0.15, 0.2) is 77.0 Å². The zero-order valence-electron chi connectivity index (χ0n) is 17.7. The molecule has 33 heavy (non-hydrogen) atoms. The number of pyridine rings is 1. The molecule has 6 nitrogen and oxygen atoms in total. The predicted molar refractivity (Wildman–Crippen MR) is 129 cm³/mol. The average molecular weight is 528 g/mol. The molecule has 8 heteroatoms. The van der Waals surface area contributed by atoms with Crippen LogP contribution in [0.2, 0.25) is 5.02 Å². The topological polar surface area (TPSA) is 79.7 Å². The standard InChI is InChI=1S/C25H20BrClN2O4/c1-2-33-20-9-8-17(12-19(20)27)23(30)21-22(16-6-3-7-18(26)11-16)29(25(32)24(21)31)14-15-5-4-10-28-13-15/h3-13,22,30H,2,14H2,1H3. The normalized spacial score (nSPS) is 17.4. The summed E-state index contributed by atoms with van der Waals surface area (Å²) in [6.07, 6.45) is 3.28. The molecule has 168 valence electrons. The highest BCUT2D eigenvalue weighted by molar-refractivity contribution is 9.10. The van der Waals surface area contributed by atoms with E-state index in [0.717, 1.165) is 10.0 Å². The van der Waals surface area contributed by atoms with Gasteiger partial charge in [0.05, 0.1) is 23.2 Å². The molecule has 0 bridgehead atoms. The molecule has 1 amide bonds. The quantitative estimate of drug-likeness (QED) is 0.259. The molecule has 2 aromatic carbocycles. The number of nitrogens with zero attached hydrogens (tertiary/aromatic N) is 2. The van der Waals surface area contributed by atoms with Gasteiger partial charge in [0.2, 0.25) is 0 Å². The predicted octanol–water partition coefficient (Wildman–Crippen LogP) is 5.52. The summed E-state index contributed by atoms with van der Waals surface area (Å²) in [7, 11) is 0. The number of benzene rings is 2. The molecule has 1 atom stereocenters. The van der Waals surface area contributed by atoms with E-state index < -0.39 is 17.7 Å². The maximum atomic E-state index is 13.1. The Hall–Kier alpha value is -3.16. The molecule has 3 aromatic rings. The van der Waals surface area contributed by atoms with Crippen LogP contribution in [0.25, 0.3) is 5.76 Å². The van der Waals surface area contributed by atoms with Crippen molar-refractivity contribution in [1.29, 1.82) is 0 Å². The number of rotatable bonds is 6. The molecule has 0 saturated carbocycles. The number of hydrogen-bond acceptors (Lipinski definition) is 5. The molecule has 0 radical (unpaired) electrons. The van der Waals surface area contributed by atoms with Gasteiger partial charge in [0.15, 0.2) is 0 Å². The number of aromatic nitrogens is 1. The van der Waals surface area contributed by atoms with E-state index in [2.05, 4.69) is 20.9 Å². The van der Waals surface area contributed by atoms with Gasteiger partial charge in [-0.2, -0.15) is 0 Å². The van der Waals surface area contributed by atoms with Gasteiger partial charge in [-0.15, -0.1) is 0 Å². The Morgan fingerprint density at radius 3 is 2.67 bits per heavy atom. The van der Waals surface area contributed by atoms with Crippen molar-refractivity contribution in [2.75, 3.05) is 6.61 Å². The first-order valence-electron chi connectivity index (χ1n) is 10.3.